The highest BCUT2D eigenvalue weighted by molar-refractivity contribution is 6.31. The fourth-order valence-corrected chi connectivity index (χ4v) is 5.04. The van der Waals surface area contributed by atoms with E-state index in [1.807, 2.05) is 17.0 Å². The summed E-state index contributed by atoms with van der Waals surface area (Å²) in [6, 6.07) is 10.1. The average molecular weight is 541 g/mol. The summed E-state index contributed by atoms with van der Waals surface area (Å²) in [4.78, 5) is 13.1. The summed E-state index contributed by atoms with van der Waals surface area (Å²) in [6.45, 7) is 4.50. The van der Waals surface area contributed by atoms with E-state index in [9.17, 15) is 5.11 Å². The summed E-state index contributed by atoms with van der Waals surface area (Å²) in [7, 11) is 0. The van der Waals surface area contributed by atoms with Crippen molar-refractivity contribution in [3.63, 3.8) is 0 Å². The lowest BCUT2D eigenvalue weighted by Crippen LogP contribution is -2.49. The number of hydrogen-bond acceptors (Lipinski definition) is 7. The summed E-state index contributed by atoms with van der Waals surface area (Å²) in [6.07, 6.45) is 3.11. The average Bonchev–Trinajstić information content (AvgIpc) is 3.31. The van der Waals surface area contributed by atoms with Crippen molar-refractivity contribution in [2.45, 2.75) is 19.2 Å². The molecule has 8 nitrogen and oxygen atoms in total. The molecule has 198 valence electrons. The highest BCUT2D eigenvalue weighted by Crippen LogP contribution is 2.27. The van der Waals surface area contributed by atoms with Gasteiger partial charge in [0.05, 0.1) is 25.0 Å². The third kappa shape index (κ3) is 5.23. The van der Waals surface area contributed by atoms with Gasteiger partial charge in [0, 0.05) is 73.3 Å². The van der Waals surface area contributed by atoms with Crippen molar-refractivity contribution in [2.24, 2.45) is 0 Å². The second-order valence-corrected chi connectivity index (χ2v) is 10.1. The molecule has 2 fully saturated rings. The highest BCUT2D eigenvalue weighted by atomic mass is 35.5. The van der Waals surface area contributed by atoms with E-state index in [1.165, 1.54) is 12.1 Å². The molecule has 0 aliphatic carbocycles. The summed E-state index contributed by atoms with van der Waals surface area (Å²) < 4.78 is 37.1. The minimum atomic E-state index is -0.593. The Morgan fingerprint density at radius 1 is 1.03 bits per heavy atom. The van der Waals surface area contributed by atoms with Crippen molar-refractivity contribution in [3.8, 4) is 5.69 Å². The van der Waals surface area contributed by atoms with Crippen LogP contribution >= 0.6 is 11.6 Å². The van der Waals surface area contributed by atoms with Gasteiger partial charge in [-0.2, -0.15) is 4.98 Å². The zero-order valence-corrected chi connectivity index (χ0v) is 21.3. The number of nitrogens with zero attached hydrogens (tertiary/aromatic N) is 5. The number of hydrogen-bond donors (Lipinski definition) is 2. The number of nitrogens with one attached hydrogen (secondary N) is 1. The molecule has 4 heterocycles. The SMILES string of the molecule is OC1CN(Cc2cc(Nc3ncc4ccn(-c5cc(F)c(CN6CCOCC6)c(F)c5)c4n3)ccc2Cl)C1. The van der Waals surface area contributed by atoms with Crippen LogP contribution in [0.25, 0.3) is 16.7 Å². The van der Waals surface area contributed by atoms with E-state index in [1.54, 1.807) is 29.1 Å². The van der Waals surface area contributed by atoms with Crippen LogP contribution in [0.3, 0.4) is 0 Å². The van der Waals surface area contributed by atoms with Crippen LogP contribution in [0.15, 0.2) is 48.8 Å². The van der Waals surface area contributed by atoms with Crippen LogP contribution in [-0.2, 0) is 17.8 Å². The summed E-state index contributed by atoms with van der Waals surface area (Å²) in [5.41, 5.74) is 2.60. The maximum Gasteiger partial charge on any atom is 0.229 e. The Morgan fingerprint density at radius 2 is 1.79 bits per heavy atom. The Labute approximate surface area is 223 Å². The van der Waals surface area contributed by atoms with Crippen LogP contribution in [0.5, 0.6) is 0 Å². The van der Waals surface area contributed by atoms with Crippen LogP contribution in [0.1, 0.15) is 11.1 Å². The number of halogens is 3. The first-order chi connectivity index (χ1) is 18.4. The van der Waals surface area contributed by atoms with E-state index in [0.717, 1.165) is 16.6 Å². The molecule has 2 aliphatic rings. The molecule has 0 bridgehead atoms. The quantitative estimate of drug-likeness (QED) is 0.365. The third-order valence-electron chi connectivity index (χ3n) is 6.95. The first kappa shape index (κ1) is 25.1. The van der Waals surface area contributed by atoms with E-state index in [0.29, 0.717) is 68.2 Å². The Kier molecular flexibility index (Phi) is 6.98. The highest BCUT2D eigenvalue weighted by Gasteiger charge is 2.25. The van der Waals surface area contributed by atoms with Gasteiger partial charge >= 0.3 is 0 Å². The molecule has 0 atom stereocenters. The van der Waals surface area contributed by atoms with Gasteiger partial charge < -0.3 is 19.7 Å². The van der Waals surface area contributed by atoms with Gasteiger partial charge in [0.1, 0.15) is 17.3 Å². The van der Waals surface area contributed by atoms with Gasteiger partial charge in [0.2, 0.25) is 5.95 Å². The maximum atomic E-state index is 15.1. The molecule has 2 aromatic carbocycles. The van der Waals surface area contributed by atoms with E-state index in [-0.39, 0.29) is 18.2 Å². The number of likely N-dealkylation sites (tertiary alicyclic amines) is 1. The Bertz CT molecular complexity index is 1450. The van der Waals surface area contributed by atoms with Gasteiger partial charge in [0.15, 0.2) is 0 Å². The van der Waals surface area contributed by atoms with Gasteiger partial charge in [-0.05, 0) is 42.0 Å². The summed E-state index contributed by atoms with van der Waals surface area (Å²) in [5, 5.41) is 14.1. The lowest BCUT2D eigenvalue weighted by molar-refractivity contribution is -0.00284. The zero-order chi connectivity index (χ0) is 26.2. The molecule has 2 N–H and O–H groups in total. The number of benzene rings is 2. The van der Waals surface area contributed by atoms with Crippen molar-refractivity contribution in [2.75, 3.05) is 44.7 Å². The van der Waals surface area contributed by atoms with Gasteiger partial charge in [-0.3, -0.25) is 9.80 Å². The second-order valence-electron chi connectivity index (χ2n) is 9.71. The first-order valence-electron chi connectivity index (χ1n) is 12.5. The van der Waals surface area contributed by atoms with Gasteiger partial charge in [0.25, 0.3) is 0 Å². The van der Waals surface area contributed by atoms with Crippen LogP contribution in [0.4, 0.5) is 20.4 Å². The number of aliphatic hydroxyl groups is 1. The van der Waals surface area contributed by atoms with E-state index in [4.69, 9.17) is 16.3 Å². The molecule has 0 amide bonds. The number of fused-ring (bicyclic) bond motifs is 1. The molecular formula is C27H27ClF2N6O2. The molecule has 0 saturated carbocycles. The topological polar surface area (TPSA) is 78.7 Å². The number of ether oxygens (including phenoxy) is 1. The molecule has 0 spiro atoms. The van der Waals surface area contributed by atoms with Crippen LogP contribution in [-0.4, -0.2) is 74.9 Å². The molecule has 4 aromatic rings. The van der Waals surface area contributed by atoms with Crippen molar-refractivity contribution >= 4 is 34.3 Å². The number of β-amino-alcohol motifs (C(OH)–C–C–N with tert-alkyl or cyclic N) is 1. The maximum absolute atomic E-state index is 15.1. The summed E-state index contributed by atoms with van der Waals surface area (Å²) in [5.74, 6) is -0.844. The fraction of sp³-hybridized carbons (Fsp3) is 0.333. The monoisotopic (exact) mass is 540 g/mol. The Hall–Kier alpha value is -3.15. The Morgan fingerprint density at radius 3 is 2.53 bits per heavy atom. The zero-order valence-electron chi connectivity index (χ0n) is 20.6. The standard InChI is InChI=1S/C27H27ClF2N6O2/c28-23-2-1-19(9-18(23)13-35-14-21(37)15-35)32-27-31-12-17-3-4-36(26(17)33-27)20-10-24(29)22(25(30)11-20)16-34-5-7-38-8-6-34/h1-4,9-12,21,37H,5-8,13-16H2,(H,31,32,33). The van der Waals surface area contributed by atoms with Crippen molar-refractivity contribution in [1.82, 2.24) is 24.3 Å². The second kappa shape index (κ2) is 10.5. The van der Waals surface area contributed by atoms with E-state index < -0.39 is 11.6 Å². The molecule has 0 unspecified atom stereocenters. The van der Waals surface area contributed by atoms with Gasteiger partial charge in [-0.25, -0.2) is 13.8 Å². The van der Waals surface area contributed by atoms with Crippen molar-refractivity contribution in [3.05, 3.63) is 76.6 Å². The normalized spacial score (nSPS) is 17.2. The fourth-order valence-electron chi connectivity index (χ4n) is 4.86. The molecule has 11 heteroatoms. The number of rotatable bonds is 7. The van der Waals surface area contributed by atoms with Crippen LogP contribution in [0, 0.1) is 11.6 Å². The third-order valence-corrected chi connectivity index (χ3v) is 7.32. The van der Waals surface area contributed by atoms with Crippen molar-refractivity contribution < 1.29 is 18.6 Å². The molecule has 38 heavy (non-hydrogen) atoms. The molecular weight excluding hydrogens is 514 g/mol. The molecule has 6 rings (SSSR count). The summed E-state index contributed by atoms with van der Waals surface area (Å²) >= 11 is 6.38. The minimum absolute atomic E-state index is 0.0513. The molecule has 0 radical (unpaired) electrons. The van der Waals surface area contributed by atoms with E-state index >= 15 is 8.78 Å². The van der Waals surface area contributed by atoms with Gasteiger partial charge in [-0.1, -0.05) is 11.6 Å². The number of aromatic nitrogens is 3. The lowest BCUT2D eigenvalue weighted by Gasteiger charge is -2.36. The molecule has 2 aromatic heterocycles. The first-order valence-corrected chi connectivity index (χ1v) is 12.9. The van der Waals surface area contributed by atoms with E-state index in [2.05, 4.69) is 20.2 Å². The minimum Gasteiger partial charge on any atom is -0.390 e. The van der Waals surface area contributed by atoms with Crippen LogP contribution < -0.4 is 5.32 Å². The lowest BCUT2D eigenvalue weighted by atomic mass is 10.1. The van der Waals surface area contributed by atoms with Gasteiger partial charge in [-0.15, -0.1) is 0 Å². The van der Waals surface area contributed by atoms with Crippen molar-refractivity contribution in [1.29, 1.82) is 0 Å². The number of morpholine rings is 1. The number of aliphatic hydroxyl groups excluding tert-OH is 1. The Balaban J connectivity index is 1.24. The van der Waals surface area contributed by atoms with Crippen LogP contribution in [0.2, 0.25) is 5.02 Å². The number of anilines is 2. The molecule has 2 saturated heterocycles. The predicted octanol–water partition coefficient (Wildman–Crippen LogP) is 4.10. The predicted molar refractivity (Wildman–Crippen MR) is 141 cm³/mol. The smallest absolute Gasteiger partial charge is 0.229 e. The molecule has 2 aliphatic heterocycles. The largest absolute Gasteiger partial charge is 0.390 e.